The number of aliphatic hydroxyl groups excluding tert-OH is 1. The maximum absolute atomic E-state index is 11.8. The Labute approximate surface area is 135 Å². The molecule has 0 aliphatic rings. The molecule has 2 aromatic rings. The third-order valence-electron chi connectivity index (χ3n) is 3.20. The Bertz CT molecular complexity index is 713. The second-order valence-corrected chi connectivity index (χ2v) is 6.15. The van der Waals surface area contributed by atoms with Crippen LogP contribution in [0.5, 0.6) is 0 Å². The van der Waals surface area contributed by atoms with Crippen molar-refractivity contribution >= 4 is 28.6 Å². The van der Waals surface area contributed by atoms with E-state index in [1.807, 2.05) is 13.8 Å². The molecule has 0 aliphatic heterocycles. The lowest BCUT2D eigenvalue weighted by molar-refractivity contribution is -0.118. The number of carbonyl (C=O) groups is 1. The summed E-state index contributed by atoms with van der Waals surface area (Å²) >= 11 is 0. The molecule has 2 aromatic heterocycles. The molecule has 2 heterocycles. The van der Waals surface area contributed by atoms with Crippen molar-refractivity contribution in [2.75, 3.05) is 10.6 Å². The molecular weight excluding hydrogens is 294 g/mol. The zero-order valence-electron chi connectivity index (χ0n) is 14.1. The zero-order valence-corrected chi connectivity index (χ0v) is 14.1. The Morgan fingerprint density at radius 1 is 1.17 bits per heavy atom. The molecule has 0 saturated carbocycles. The molecule has 0 radical (unpaired) electrons. The topological polar surface area (TPSA) is 100 Å². The fraction of sp³-hybridized carbons (Fsp3) is 0.500. The van der Waals surface area contributed by atoms with Crippen LogP contribution in [0.3, 0.4) is 0 Å². The highest BCUT2D eigenvalue weighted by Gasteiger charge is 2.14. The Balaban J connectivity index is 2.50. The Hall–Kier alpha value is -2.28. The van der Waals surface area contributed by atoms with Gasteiger partial charge in [-0.15, -0.1) is 0 Å². The molecule has 0 spiro atoms. The summed E-state index contributed by atoms with van der Waals surface area (Å²) in [6, 6.07) is 1.90. The minimum Gasteiger partial charge on any atom is -0.387 e. The third-order valence-corrected chi connectivity index (χ3v) is 3.20. The van der Waals surface area contributed by atoms with Crippen molar-refractivity contribution in [1.29, 1.82) is 0 Å². The number of hydrogen-bond acceptors (Lipinski definition) is 6. The van der Waals surface area contributed by atoms with Crippen LogP contribution < -0.4 is 10.6 Å². The van der Waals surface area contributed by atoms with Crippen molar-refractivity contribution in [2.45, 2.75) is 46.8 Å². The highest BCUT2D eigenvalue weighted by Crippen LogP contribution is 2.24. The highest BCUT2D eigenvalue weighted by molar-refractivity contribution is 5.93. The lowest BCUT2D eigenvalue weighted by Crippen LogP contribution is -2.19. The molecule has 1 amide bonds. The lowest BCUT2D eigenvalue weighted by atomic mass is 10.2. The number of rotatable bonds is 5. The second-order valence-electron chi connectivity index (χ2n) is 6.15. The highest BCUT2D eigenvalue weighted by atomic mass is 16.3. The maximum Gasteiger partial charge on any atom is 0.230 e. The standard InChI is InChI=1S/C16H23N5O2/c1-8(2)15(23)21-16-17-7-11-6-12(10(5)22)19-14(13(11)20-16)18-9(3)4/h6-10,22H,1-5H3,(H,18,19)(H,17,20,21,23)/t10-/m1/s1. The molecule has 2 rings (SSSR count). The summed E-state index contributed by atoms with van der Waals surface area (Å²) < 4.78 is 0. The molecule has 7 heteroatoms. The van der Waals surface area contributed by atoms with Gasteiger partial charge in [0, 0.05) is 23.5 Å². The predicted molar refractivity (Wildman–Crippen MR) is 90.2 cm³/mol. The molecule has 0 bridgehead atoms. The first-order chi connectivity index (χ1) is 10.8. The second kappa shape index (κ2) is 6.87. The van der Waals surface area contributed by atoms with E-state index in [1.165, 1.54) is 0 Å². The predicted octanol–water partition coefficient (Wildman–Crippen LogP) is 2.49. The zero-order chi connectivity index (χ0) is 17.1. The monoisotopic (exact) mass is 317 g/mol. The number of hydrogen-bond donors (Lipinski definition) is 3. The van der Waals surface area contributed by atoms with Crippen LogP contribution in [0.4, 0.5) is 11.8 Å². The summed E-state index contributed by atoms with van der Waals surface area (Å²) in [5.74, 6) is 0.514. The van der Waals surface area contributed by atoms with Crippen LogP contribution in [-0.2, 0) is 4.79 Å². The van der Waals surface area contributed by atoms with Gasteiger partial charge in [0.05, 0.1) is 11.8 Å². The van der Waals surface area contributed by atoms with Crippen molar-refractivity contribution < 1.29 is 9.90 Å². The van der Waals surface area contributed by atoms with Gasteiger partial charge in [0.1, 0.15) is 5.52 Å². The summed E-state index contributed by atoms with van der Waals surface area (Å²) in [6.07, 6.45) is 0.935. The molecule has 1 atom stereocenters. The van der Waals surface area contributed by atoms with Gasteiger partial charge < -0.3 is 10.4 Å². The molecule has 0 unspecified atom stereocenters. The van der Waals surface area contributed by atoms with Gasteiger partial charge in [0.2, 0.25) is 11.9 Å². The number of aromatic nitrogens is 3. The van der Waals surface area contributed by atoms with Gasteiger partial charge in [-0.2, -0.15) is 0 Å². The molecule has 7 nitrogen and oxygen atoms in total. The SMILES string of the molecule is CC(C)Nc1nc([C@@H](C)O)cc2cnc(NC(=O)C(C)C)nc12. The van der Waals surface area contributed by atoms with E-state index in [9.17, 15) is 9.90 Å². The minimum absolute atomic E-state index is 0.142. The van der Waals surface area contributed by atoms with Crippen molar-refractivity contribution in [3.8, 4) is 0 Å². The van der Waals surface area contributed by atoms with Gasteiger partial charge >= 0.3 is 0 Å². The number of amides is 1. The van der Waals surface area contributed by atoms with Crippen molar-refractivity contribution in [3.63, 3.8) is 0 Å². The van der Waals surface area contributed by atoms with Crippen molar-refractivity contribution in [3.05, 3.63) is 18.0 Å². The number of aliphatic hydroxyl groups is 1. The fourth-order valence-electron chi connectivity index (χ4n) is 1.96. The first-order valence-electron chi connectivity index (χ1n) is 7.71. The van der Waals surface area contributed by atoms with Crippen molar-refractivity contribution in [1.82, 2.24) is 15.0 Å². The van der Waals surface area contributed by atoms with Crippen molar-refractivity contribution in [2.24, 2.45) is 5.92 Å². The van der Waals surface area contributed by atoms with Crippen LogP contribution in [0.2, 0.25) is 0 Å². The van der Waals surface area contributed by atoms with E-state index in [0.717, 1.165) is 5.39 Å². The molecule has 3 N–H and O–H groups in total. The summed E-state index contributed by atoms with van der Waals surface area (Å²) in [7, 11) is 0. The molecule has 0 fully saturated rings. The van der Waals surface area contributed by atoms with Gasteiger partial charge in [-0.05, 0) is 26.8 Å². The van der Waals surface area contributed by atoms with E-state index >= 15 is 0 Å². The average Bonchev–Trinajstić information content (AvgIpc) is 2.46. The summed E-state index contributed by atoms with van der Waals surface area (Å²) in [6.45, 7) is 9.25. The number of nitrogens with one attached hydrogen (secondary N) is 2. The van der Waals surface area contributed by atoms with Gasteiger partial charge in [0.25, 0.3) is 0 Å². The van der Waals surface area contributed by atoms with Gasteiger partial charge in [-0.3, -0.25) is 10.1 Å². The number of carbonyl (C=O) groups excluding carboxylic acids is 1. The number of fused-ring (bicyclic) bond motifs is 1. The Kier molecular flexibility index (Phi) is 5.10. The molecule has 0 aliphatic carbocycles. The number of nitrogens with zero attached hydrogens (tertiary/aromatic N) is 3. The van der Waals surface area contributed by atoms with E-state index in [2.05, 4.69) is 25.6 Å². The summed E-state index contributed by atoms with van der Waals surface area (Å²) in [4.78, 5) is 24.8. The average molecular weight is 317 g/mol. The van der Waals surface area contributed by atoms with Gasteiger partial charge in [-0.1, -0.05) is 13.8 Å². The Morgan fingerprint density at radius 2 is 1.87 bits per heavy atom. The molecule has 0 saturated heterocycles. The molecule has 0 aromatic carbocycles. The first kappa shape index (κ1) is 17.1. The number of pyridine rings is 1. The van der Waals surface area contributed by atoms with E-state index in [-0.39, 0.29) is 23.8 Å². The third kappa shape index (κ3) is 4.13. The first-order valence-corrected chi connectivity index (χ1v) is 7.71. The smallest absolute Gasteiger partial charge is 0.230 e. The quantitative estimate of drug-likeness (QED) is 0.783. The Morgan fingerprint density at radius 3 is 2.43 bits per heavy atom. The molecule has 23 heavy (non-hydrogen) atoms. The summed E-state index contributed by atoms with van der Waals surface area (Å²) in [5, 5.41) is 16.4. The molecule has 124 valence electrons. The van der Waals surface area contributed by atoms with Crippen LogP contribution in [0.25, 0.3) is 10.9 Å². The van der Waals surface area contributed by atoms with E-state index in [4.69, 9.17) is 0 Å². The normalized spacial score (nSPS) is 12.7. The van der Waals surface area contributed by atoms with Gasteiger partial charge in [-0.25, -0.2) is 15.0 Å². The van der Waals surface area contributed by atoms with E-state index < -0.39 is 6.10 Å². The lowest BCUT2D eigenvalue weighted by Gasteiger charge is -2.15. The fourth-order valence-corrected chi connectivity index (χ4v) is 1.96. The minimum atomic E-state index is -0.688. The van der Waals surface area contributed by atoms with Crippen LogP contribution in [0.1, 0.15) is 46.4 Å². The maximum atomic E-state index is 11.8. The van der Waals surface area contributed by atoms with E-state index in [1.54, 1.807) is 33.0 Å². The molecular formula is C16H23N5O2. The summed E-state index contributed by atoms with van der Waals surface area (Å²) in [5.41, 5.74) is 1.15. The van der Waals surface area contributed by atoms with Crippen LogP contribution in [0, 0.1) is 5.92 Å². The largest absolute Gasteiger partial charge is 0.387 e. The van der Waals surface area contributed by atoms with Crippen LogP contribution in [0.15, 0.2) is 12.3 Å². The van der Waals surface area contributed by atoms with Gasteiger partial charge in [0.15, 0.2) is 5.82 Å². The number of anilines is 2. The van der Waals surface area contributed by atoms with Crippen LogP contribution in [-0.4, -0.2) is 32.0 Å². The van der Waals surface area contributed by atoms with E-state index in [0.29, 0.717) is 17.0 Å². The van der Waals surface area contributed by atoms with Crippen LogP contribution >= 0.6 is 0 Å².